The number of nitrogens with zero attached hydrogens (tertiary/aromatic N) is 4. The molecule has 0 spiro atoms. The van der Waals surface area contributed by atoms with Gasteiger partial charge in [0.15, 0.2) is 4.96 Å². The Balaban J connectivity index is 1.63. The Hall–Kier alpha value is -2.52. The Labute approximate surface area is 146 Å². The average molecular weight is 359 g/mol. The van der Waals surface area contributed by atoms with Crippen molar-refractivity contribution in [1.82, 2.24) is 24.5 Å². The molecule has 1 fully saturated rings. The number of amides is 1. The number of carbonyl (C=O) groups is 1. The van der Waals surface area contributed by atoms with E-state index in [1.54, 1.807) is 29.5 Å². The lowest BCUT2D eigenvalue weighted by molar-refractivity contribution is 0.0235. The van der Waals surface area contributed by atoms with Gasteiger partial charge in [-0.05, 0) is 18.8 Å². The van der Waals surface area contributed by atoms with Crippen LogP contribution in [0.1, 0.15) is 34.8 Å². The van der Waals surface area contributed by atoms with E-state index in [1.807, 2.05) is 6.20 Å². The second-order valence-electron chi connectivity index (χ2n) is 6.32. The molecule has 1 aliphatic rings. The predicted molar refractivity (Wildman–Crippen MR) is 91.5 cm³/mol. The molecule has 25 heavy (non-hydrogen) atoms. The van der Waals surface area contributed by atoms with Crippen molar-refractivity contribution in [2.45, 2.75) is 25.0 Å². The minimum Gasteiger partial charge on any atom is -0.393 e. The van der Waals surface area contributed by atoms with E-state index in [0.29, 0.717) is 17.8 Å². The zero-order chi connectivity index (χ0) is 17.6. The Morgan fingerprint density at radius 3 is 2.92 bits per heavy atom. The summed E-state index contributed by atoms with van der Waals surface area (Å²) in [5, 5.41) is 18.4. The lowest BCUT2D eigenvalue weighted by Crippen LogP contribution is -2.42. The highest BCUT2D eigenvalue weighted by atomic mass is 32.1. The number of thiazole rings is 1. The summed E-state index contributed by atoms with van der Waals surface area (Å²) in [7, 11) is 1.80. The number of fused-ring (bicyclic) bond motifs is 1. The first kappa shape index (κ1) is 16.0. The maximum atomic E-state index is 12.7. The number of nitrogens with one attached hydrogen (secondary N) is 1. The van der Waals surface area contributed by atoms with Crippen LogP contribution < -0.4 is 10.9 Å². The molecule has 1 amide bonds. The Kier molecular flexibility index (Phi) is 3.89. The van der Waals surface area contributed by atoms with Crippen molar-refractivity contribution < 1.29 is 9.90 Å². The van der Waals surface area contributed by atoms with Gasteiger partial charge in [0, 0.05) is 36.6 Å². The van der Waals surface area contributed by atoms with Crippen LogP contribution >= 0.6 is 11.3 Å². The summed E-state index contributed by atoms with van der Waals surface area (Å²) >= 11 is 1.33. The maximum Gasteiger partial charge on any atom is 0.271 e. The lowest BCUT2D eigenvalue weighted by atomic mass is 9.75. The smallest absolute Gasteiger partial charge is 0.271 e. The molecule has 130 valence electrons. The van der Waals surface area contributed by atoms with Gasteiger partial charge in [-0.15, -0.1) is 11.3 Å². The molecule has 9 heteroatoms. The second-order valence-corrected chi connectivity index (χ2v) is 7.19. The number of hydrogen-bond acceptors (Lipinski definition) is 6. The summed E-state index contributed by atoms with van der Waals surface area (Å²) in [6.07, 6.45) is 7.34. The zero-order valence-corrected chi connectivity index (χ0v) is 14.3. The van der Waals surface area contributed by atoms with Gasteiger partial charge in [0.25, 0.3) is 11.5 Å². The summed E-state index contributed by atoms with van der Waals surface area (Å²) in [6.45, 7) is 0. The van der Waals surface area contributed by atoms with Gasteiger partial charge in [-0.25, -0.2) is 4.98 Å². The molecule has 8 nitrogen and oxygen atoms in total. The van der Waals surface area contributed by atoms with Crippen LogP contribution in [-0.2, 0) is 7.05 Å². The number of aliphatic hydroxyl groups excluding tert-OH is 1. The summed E-state index contributed by atoms with van der Waals surface area (Å²) < 4.78 is 3.03. The van der Waals surface area contributed by atoms with Crippen molar-refractivity contribution in [2.75, 3.05) is 0 Å². The Morgan fingerprint density at radius 1 is 1.44 bits per heavy atom. The summed E-state index contributed by atoms with van der Waals surface area (Å²) in [5.74, 6) is -0.350. The fourth-order valence-electron chi connectivity index (χ4n) is 3.18. The number of carbonyl (C=O) groups excluding carboxylic acids is 1. The molecule has 3 aromatic heterocycles. The average Bonchev–Trinajstić information content (AvgIpc) is 3.19. The molecule has 1 aliphatic carbocycles. The Morgan fingerprint density at radius 2 is 2.24 bits per heavy atom. The van der Waals surface area contributed by atoms with Gasteiger partial charge in [-0.1, -0.05) is 0 Å². The van der Waals surface area contributed by atoms with E-state index in [2.05, 4.69) is 15.4 Å². The first-order chi connectivity index (χ1) is 12.0. The van der Waals surface area contributed by atoms with Crippen LogP contribution in [0.2, 0.25) is 0 Å². The van der Waals surface area contributed by atoms with Crippen LogP contribution in [-0.4, -0.2) is 36.3 Å². The monoisotopic (exact) mass is 359 g/mol. The zero-order valence-electron chi connectivity index (χ0n) is 13.5. The molecule has 0 radical (unpaired) electrons. The van der Waals surface area contributed by atoms with E-state index in [0.717, 1.165) is 5.56 Å². The topological polar surface area (TPSA) is 102 Å². The minimum absolute atomic E-state index is 0.00432. The normalized spacial score (nSPS) is 21.0. The highest BCUT2D eigenvalue weighted by molar-refractivity contribution is 7.15. The largest absolute Gasteiger partial charge is 0.393 e. The van der Waals surface area contributed by atoms with E-state index in [1.165, 1.54) is 21.9 Å². The molecule has 4 rings (SSSR count). The van der Waals surface area contributed by atoms with Crippen LogP contribution in [0, 0.1) is 5.92 Å². The first-order valence-corrected chi connectivity index (χ1v) is 8.83. The van der Waals surface area contributed by atoms with Gasteiger partial charge < -0.3 is 10.4 Å². The van der Waals surface area contributed by atoms with Crippen LogP contribution in [0.15, 0.2) is 35.0 Å². The van der Waals surface area contributed by atoms with Crippen molar-refractivity contribution in [2.24, 2.45) is 13.0 Å². The van der Waals surface area contributed by atoms with Crippen LogP contribution in [0.5, 0.6) is 0 Å². The molecular weight excluding hydrogens is 342 g/mol. The van der Waals surface area contributed by atoms with Crippen LogP contribution in [0.25, 0.3) is 4.96 Å². The maximum absolute atomic E-state index is 12.7. The Bertz CT molecular complexity index is 985. The number of aryl methyl sites for hydroxylation is 1. The van der Waals surface area contributed by atoms with Crippen LogP contribution in [0.3, 0.4) is 0 Å². The summed E-state index contributed by atoms with van der Waals surface area (Å²) in [6, 6.07) is -0.299. The van der Waals surface area contributed by atoms with Gasteiger partial charge in [0.05, 0.1) is 18.3 Å². The molecule has 0 aromatic carbocycles. The fourth-order valence-corrected chi connectivity index (χ4v) is 3.85. The third kappa shape index (κ3) is 2.85. The molecule has 3 heterocycles. The molecule has 0 aliphatic heterocycles. The molecule has 3 aromatic rings. The lowest BCUT2D eigenvalue weighted by Gasteiger charge is -2.37. The van der Waals surface area contributed by atoms with Crippen molar-refractivity contribution in [1.29, 1.82) is 0 Å². The minimum atomic E-state index is -0.464. The van der Waals surface area contributed by atoms with E-state index < -0.39 is 5.91 Å². The van der Waals surface area contributed by atoms with Crippen molar-refractivity contribution in [3.05, 3.63) is 51.6 Å². The first-order valence-electron chi connectivity index (χ1n) is 7.95. The predicted octanol–water partition coefficient (Wildman–Crippen LogP) is 0.731. The SMILES string of the molecule is Cn1cc([C@H](NC(=O)c2cnc3sccn3c2=O)C2CC(O)C2)cn1. The number of hydrogen-bond donors (Lipinski definition) is 2. The third-order valence-electron chi connectivity index (χ3n) is 4.58. The van der Waals surface area contributed by atoms with Gasteiger partial charge in [-0.2, -0.15) is 5.10 Å². The van der Waals surface area contributed by atoms with Gasteiger partial charge in [0.1, 0.15) is 5.56 Å². The van der Waals surface area contributed by atoms with E-state index in [4.69, 9.17) is 0 Å². The van der Waals surface area contributed by atoms with Gasteiger partial charge >= 0.3 is 0 Å². The van der Waals surface area contributed by atoms with Crippen LogP contribution in [0.4, 0.5) is 0 Å². The molecule has 2 N–H and O–H groups in total. The fraction of sp³-hybridized carbons (Fsp3) is 0.375. The highest BCUT2D eigenvalue weighted by Crippen LogP contribution is 2.38. The molecule has 1 atom stereocenters. The molecular formula is C16H17N5O3S. The summed E-state index contributed by atoms with van der Waals surface area (Å²) in [5.41, 5.74) is 0.476. The molecule has 0 bridgehead atoms. The number of aliphatic hydroxyl groups is 1. The van der Waals surface area contributed by atoms with Gasteiger partial charge in [-0.3, -0.25) is 18.7 Å². The van der Waals surface area contributed by atoms with Gasteiger partial charge in [0.2, 0.25) is 0 Å². The molecule has 0 saturated heterocycles. The number of rotatable bonds is 4. The molecule has 0 unspecified atom stereocenters. The second kappa shape index (κ2) is 6.08. The third-order valence-corrected chi connectivity index (χ3v) is 5.35. The molecule has 1 saturated carbocycles. The van der Waals surface area contributed by atoms with Crippen molar-refractivity contribution in [3.63, 3.8) is 0 Å². The van der Waals surface area contributed by atoms with E-state index in [-0.39, 0.29) is 29.2 Å². The summed E-state index contributed by atoms with van der Waals surface area (Å²) in [4.78, 5) is 29.9. The van der Waals surface area contributed by atoms with Crippen molar-refractivity contribution >= 4 is 22.2 Å². The van der Waals surface area contributed by atoms with E-state index in [9.17, 15) is 14.7 Å². The van der Waals surface area contributed by atoms with E-state index >= 15 is 0 Å². The standard InChI is InChI=1S/C16H17N5O3S/c1-20-8-10(6-18-20)13(9-4-11(22)5-9)19-14(23)12-7-17-16-21(15(12)24)2-3-25-16/h2-3,6-9,11,13,22H,4-5H2,1H3,(H,19,23)/t9?,11?,13-/m1/s1. The quantitative estimate of drug-likeness (QED) is 0.715. The van der Waals surface area contributed by atoms with Crippen molar-refractivity contribution in [3.8, 4) is 0 Å². The number of aromatic nitrogens is 4. The highest BCUT2D eigenvalue weighted by Gasteiger charge is 2.36.